The molecule has 0 spiro atoms. The molecule has 1 aliphatic heterocycles. The van der Waals surface area contributed by atoms with E-state index in [2.05, 4.69) is 0 Å². The number of anilines is 2. The number of fused-ring (bicyclic) bond motifs is 1. The van der Waals surface area contributed by atoms with Crippen molar-refractivity contribution in [1.82, 2.24) is 0 Å². The minimum absolute atomic E-state index is 0.0698. The van der Waals surface area contributed by atoms with E-state index in [4.69, 9.17) is 9.47 Å². The summed E-state index contributed by atoms with van der Waals surface area (Å²) in [7, 11) is 0. The van der Waals surface area contributed by atoms with Gasteiger partial charge in [-0.15, -0.1) is 0 Å². The average molecular weight is 407 g/mol. The molecule has 3 aromatic rings. The molecule has 30 heavy (non-hydrogen) atoms. The molecule has 4 rings (SSSR count). The topological polar surface area (TPSA) is 91.8 Å². The van der Waals surface area contributed by atoms with Crippen molar-refractivity contribution in [3.05, 3.63) is 93.8 Å². The summed E-state index contributed by atoms with van der Waals surface area (Å²) in [6, 6.07) is 19.2. The van der Waals surface area contributed by atoms with Gasteiger partial charge in [0, 0.05) is 12.1 Å². The molecule has 1 atom stereocenters. The van der Waals surface area contributed by atoms with Crippen LogP contribution in [0.5, 0.6) is 5.75 Å². The van der Waals surface area contributed by atoms with Crippen LogP contribution in [0.1, 0.15) is 12.5 Å². The van der Waals surface area contributed by atoms with Crippen molar-refractivity contribution in [2.75, 3.05) is 18.1 Å². The fourth-order valence-electron chi connectivity index (χ4n) is 3.50. The number of hydrogen-bond donors (Lipinski definition) is 0. The number of nitro benzene ring substituents is 1. The van der Waals surface area contributed by atoms with Crippen molar-refractivity contribution in [1.29, 1.82) is 0 Å². The molecule has 0 amide bonds. The number of hydrogen-bond acceptors (Lipinski definition) is 6. The van der Waals surface area contributed by atoms with Crippen molar-refractivity contribution in [3.8, 4) is 5.75 Å². The van der Waals surface area contributed by atoms with Crippen molar-refractivity contribution < 1.29 is 19.1 Å². The SMILES string of the molecule is CC1(COCc2ccccc2)CN(c2cccc[n+]2[O-])c2cc([N+](=O)[O-])ccc2O1. The molecular formula is C22H21N3O5. The summed E-state index contributed by atoms with van der Waals surface area (Å²) < 4.78 is 12.8. The highest BCUT2D eigenvalue weighted by Crippen LogP contribution is 2.42. The third kappa shape index (κ3) is 4.04. The number of nitrogens with zero attached hydrogens (tertiary/aromatic N) is 3. The average Bonchev–Trinajstić information content (AvgIpc) is 2.74. The standard InChI is InChI=1S/C22H21N3O5/c1-22(16-29-14-17-7-3-2-4-8-17)15-23(21-9-5-6-12-24(21)26)19-13-18(25(27)28)10-11-20(19)30-22/h2-13H,14-16H2,1H3. The van der Waals surface area contributed by atoms with Gasteiger partial charge < -0.3 is 14.7 Å². The first-order valence-electron chi connectivity index (χ1n) is 9.50. The Kier molecular flexibility index (Phi) is 5.24. The number of benzene rings is 2. The third-order valence-electron chi connectivity index (χ3n) is 4.89. The summed E-state index contributed by atoms with van der Waals surface area (Å²) in [5, 5.41) is 23.7. The predicted molar refractivity (Wildman–Crippen MR) is 111 cm³/mol. The van der Waals surface area contributed by atoms with Gasteiger partial charge in [0.2, 0.25) is 0 Å². The molecule has 0 radical (unpaired) electrons. The smallest absolute Gasteiger partial charge is 0.285 e. The molecule has 2 aromatic carbocycles. The second-order valence-corrected chi connectivity index (χ2v) is 7.41. The molecule has 0 fully saturated rings. The molecule has 1 aliphatic rings. The fraction of sp³-hybridized carbons (Fsp3) is 0.227. The Morgan fingerprint density at radius 1 is 1.17 bits per heavy atom. The van der Waals surface area contributed by atoms with E-state index in [0.717, 1.165) is 10.3 Å². The number of rotatable bonds is 6. The number of aromatic nitrogens is 1. The molecule has 0 saturated carbocycles. The van der Waals surface area contributed by atoms with Crippen LogP contribution in [0.15, 0.2) is 72.9 Å². The Balaban J connectivity index is 1.64. The molecule has 8 heteroatoms. The van der Waals surface area contributed by atoms with E-state index < -0.39 is 10.5 Å². The van der Waals surface area contributed by atoms with Crippen molar-refractivity contribution in [2.45, 2.75) is 19.1 Å². The van der Waals surface area contributed by atoms with Crippen LogP contribution in [0.4, 0.5) is 17.2 Å². The first-order chi connectivity index (χ1) is 14.5. The zero-order valence-corrected chi connectivity index (χ0v) is 16.4. The van der Waals surface area contributed by atoms with Crippen LogP contribution >= 0.6 is 0 Å². The Morgan fingerprint density at radius 2 is 1.93 bits per heavy atom. The summed E-state index contributed by atoms with van der Waals surface area (Å²) in [5.41, 5.74) is 0.686. The second-order valence-electron chi connectivity index (χ2n) is 7.41. The van der Waals surface area contributed by atoms with E-state index in [9.17, 15) is 15.3 Å². The van der Waals surface area contributed by atoms with E-state index in [1.54, 1.807) is 29.2 Å². The molecule has 1 unspecified atom stereocenters. The van der Waals surface area contributed by atoms with Gasteiger partial charge in [-0.1, -0.05) is 36.4 Å². The number of nitro groups is 1. The van der Waals surface area contributed by atoms with Crippen LogP contribution in [0.3, 0.4) is 0 Å². The largest absolute Gasteiger partial charge is 0.711 e. The maximum atomic E-state index is 12.4. The molecule has 154 valence electrons. The van der Waals surface area contributed by atoms with Crippen LogP contribution in [0, 0.1) is 15.3 Å². The number of non-ortho nitro benzene ring substituents is 1. The molecule has 0 N–H and O–H groups in total. The zero-order valence-electron chi connectivity index (χ0n) is 16.4. The Hall–Kier alpha value is -3.65. The lowest BCUT2D eigenvalue weighted by Crippen LogP contribution is -2.52. The lowest BCUT2D eigenvalue weighted by Gasteiger charge is -2.38. The molecule has 2 heterocycles. The van der Waals surface area contributed by atoms with Gasteiger partial charge in [-0.05, 0) is 24.6 Å². The van der Waals surface area contributed by atoms with Gasteiger partial charge >= 0.3 is 0 Å². The quantitative estimate of drug-likeness (QED) is 0.268. The highest BCUT2D eigenvalue weighted by atomic mass is 16.6. The monoisotopic (exact) mass is 407 g/mol. The van der Waals surface area contributed by atoms with Crippen LogP contribution in [0.25, 0.3) is 0 Å². The van der Waals surface area contributed by atoms with Gasteiger partial charge in [-0.3, -0.25) is 10.1 Å². The maximum Gasteiger partial charge on any atom is 0.285 e. The van der Waals surface area contributed by atoms with Crippen LogP contribution in [-0.2, 0) is 11.3 Å². The van der Waals surface area contributed by atoms with Gasteiger partial charge in [0.15, 0.2) is 17.0 Å². The maximum absolute atomic E-state index is 12.4. The first-order valence-corrected chi connectivity index (χ1v) is 9.50. The predicted octanol–water partition coefficient (Wildman–Crippen LogP) is 3.73. The van der Waals surface area contributed by atoms with Crippen molar-refractivity contribution in [3.63, 3.8) is 0 Å². The van der Waals surface area contributed by atoms with Crippen LogP contribution < -0.4 is 14.4 Å². The summed E-state index contributed by atoms with van der Waals surface area (Å²) >= 11 is 0. The fourth-order valence-corrected chi connectivity index (χ4v) is 3.50. The van der Waals surface area contributed by atoms with Crippen molar-refractivity contribution >= 4 is 17.2 Å². The number of pyridine rings is 1. The van der Waals surface area contributed by atoms with E-state index in [1.165, 1.54) is 18.3 Å². The Morgan fingerprint density at radius 3 is 2.67 bits per heavy atom. The lowest BCUT2D eigenvalue weighted by atomic mass is 10.0. The number of ether oxygens (including phenoxy) is 2. The van der Waals surface area contributed by atoms with Crippen LogP contribution in [0.2, 0.25) is 0 Å². The molecule has 1 aromatic heterocycles. The van der Waals surface area contributed by atoms with Gasteiger partial charge in [-0.25, -0.2) is 9.63 Å². The first kappa shape index (κ1) is 19.7. The normalized spacial score (nSPS) is 17.8. The van der Waals surface area contributed by atoms with E-state index >= 15 is 0 Å². The van der Waals surface area contributed by atoms with Gasteiger partial charge in [0.25, 0.3) is 11.5 Å². The molecule has 0 aliphatic carbocycles. The highest BCUT2D eigenvalue weighted by Gasteiger charge is 2.42. The minimum atomic E-state index is -0.763. The molecule has 8 nitrogen and oxygen atoms in total. The molecule has 0 bridgehead atoms. The second kappa shape index (κ2) is 8.00. The third-order valence-corrected chi connectivity index (χ3v) is 4.89. The lowest BCUT2D eigenvalue weighted by molar-refractivity contribution is -0.592. The van der Waals surface area contributed by atoms with Gasteiger partial charge in [-0.2, -0.15) is 0 Å². The zero-order chi connectivity index (χ0) is 21.1. The van der Waals surface area contributed by atoms with E-state index in [1.807, 2.05) is 37.3 Å². The van der Waals surface area contributed by atoms with Gasteiger partial charge in [0.05, 0.1) is 30.4 Å². The van der Waals surface area contributed by atoms with E-state index in [0.29, 0.717) is 30.4 Å². The molecular weight excluding hydrogens is 386 g/mol. The molecule has 0 saturated heterocycles. The Labute approximate surface area is 173 Å². The summed E-state index contributed by atoms with van der Waals surface area (Å²) in [6.07, 6.45) is 1.39. The highest BCUT2D eigenvalue weighted by molar-refractivity contribution is 5.70. The van der Waals surface area contributed by atoms with E-state index in [-0.39, 0.29) is 12.3 Å². The minimum Gasteiger partial charge on any atom is -0.711 e. The van der Waals surface area contributed by atoms with Crippen molar-refractivity contribution in [2.24, 2.45) is 0 Å². The van der Waals surface area contributed by atoms with Crippen LogP contribution in [-0.4, -0.2) is 23.7 Å². The summed E-state index contributed by atoms with van der Waals surface area (Å²) in [4.78, 5) is 12.5. The summed E-state index contributed by atoms with van der Waals surface area (Å²) in [5.74, 6) is 0.818. The Bertz CT molecular complexity index is 1060. The summed E-state index contributed by atoms with van der Waals surface area (Å²) in [6.45, 7) is 2.90. The van der Waals surface area contributed by atoms with Gasteiger partial charge in [0.1, 0.15) is 6.54 Å².